The van der Waals surface area contributed by atoms with E-state index in [4.69, 9.17) is 5.11 Å². The van der Waals surface area contributed by atoms with Crippen LogP contribution in [0.3, 0.4) is 0 Å². The number of halogens is 1. The van der Waals surface area contributed by atoms with E-state index in [9.17, 15) is 9.90 Å². The molecule has 0 bridgehead atoms. The van der Waals surface area contributed by atoms with Gasteiger partial charge in [0.15, 0.2) is 0 Å². The minimum Gasteiger partial charge on any atom is -0.478 e. The highest BCUT2D eigenvalue weighted by Crippen LogP contribution is 2.19. The van der Waals surface area contributed by atoms with Crippen LogP contribution in [0.4, 0.5) is 0 Å². The monoisotopic (exact) mass is 315 g/mol. The second-order valence-electron chi connectivity index (χ2n) is 4.53. The molecule has 1 aromatic carbocycles. The Morgan fingerprint density at radius 2 is 2.11 bits per heavy atom. The van der Waals surface area contributed by atoms with Crippen molar-refractivity contribution in [3.63, 3.8) is 0 Å². The number of nitrogens with one attached hydrogen (secondary N) is 1. The van der Waals surface area contributed by atoms with Crippen molar-refractivity contribution in [2.24, 2.45) is 5.92 Å². The molecule has 1 atom stereocenters. The highest BCUT2D eigenvalue weighted by Gasteiger charge is 2.12. The molecule has 4 nitrogen and oxygen atoms in total. The van der Waals surface area contributed by atoms with E-state index in [1.54, 1.807) is 18.2 Å². The van der Waals surface area contributed by atoms with E-state index in [1.807, 2.05) is 13.8 Å². The quantitative estimate of drug-likeness (QED) is 0.753. The molecule has 0 unspecified atom stereocenters. The minimum atomic E-state index is -0.939. The molecule has 0 heterocycles. The van der Waals surface area contributed by atoms with E-state index in [2.05, 4.69) is 21.2 Å². The van der Waals surface area contributed by atoms with Crippen LogP contribution in [0.2, 0.25) is 0 Å². The largest absolute Gasteiger partial charge is 0.478 e. The molecule has 0 aromatic heterocycles. The van der Waals surface area contributed by atoms with Crippen LogP contribution >= 0.6 is 15.9 Å². The van der Waals surface area contributed by atoms with Crippen molar-refractivity contribution in [1.82, 2.24) is 5.32 Å². The average Bonchev–Trinajstić information content (AvgIpc) is 2.30. The third kappa shape index (κ3) is 4.08. The standard InChI is InChI=1S/C13H18BrNO3/c1-8(2)12(7-16)15-6-10-4-3-9(13(17)18)5-11(10)14/h3-5,8,12,15-16H,6-7H2,1-2H3,(H,17,18)/t12-/m0/s1. The summed E-state index contributed by atoms with van der Waals surface area (Å²) in [5.41, 5.74) is 1.23. The lowest BCUT2D eigenvalue weighted by atomic mass is 10.0. The van der Waals surface area contributed by atoms with Crippen LogP contribution in [0.25, 0.3) is 0 Å². The molecule has 0 saturated carbocycles. The SMILES string of the molecule is CC(C)[C@H](CO)NCc1ccc(C(=O)O)cc1Br. The summed E-state index contributed by atoms with van der Waals surface area (Å²) in [6.45, 7) is 4.75. The maximum atomic E-state index is 10.8. The molecule has 0 radical (unpaired) electrons. The van der Waals surface area contributed by atoms with Gasteiger partial charge in [-0.1, -0.05) is 35.8 Å². The normalized spacial score (nSPS) is 12.7. The number of aliphatic hydroxyl groups excluding tert-OH is 1. The van der Waals surface area contributed by atoms with Gasteiger partial charge in [0.05, 0.1) is 12.2 Å². The first-order chi connectivity index (χ1) is 8.45. The highest BCUT2D eigenvalue weighted by molar-refractivity contribution is 9.10. The van der Waals surface area contributed by atoms with Crippen molar-refractivity contribution in [2.75, 3.05) is 6.61 Å². The van der Waals surface area contributed by atoms with E-state index in [0.717, 1.165) is 10.0 Å². The summed E-state index contributed by atoms with van der Waals surface area (Å²) in [5, 5.41) is 21.3. The van der Waals surface area contributed by atoms with Crippen molar-refractivity contribution in [2.45, 2.75) is 26.4 Å². The second-order valence-corrected chi connectivity index (χ2v) is 5.38. The molecule has 0 fully saturated rings. The molecule has 100 valence electrons. The number of carboxylic acids is 1. The molecular formula is C13H18BrNO3. The van der Waals surface area contributed by atoms with Gasteiger partial charge in [0.1, 0.15) is 0 Å². The summed E-state index contributed by atoms with van der Waals surface area (Å²) in [6, 6.07) is 4.97. The lowest BCUT2D eigenvalue weighted by Crippen LogP contribution is -2.36. The smallest absolute Gasteiger partial charge is 0.335 e. The maximum absolute atomic E-state index is 10.8. The van der Waals surface area contributed by atoms with Crippen molar-refractivity contribution in [3.8, 4) is 0 Å². The van der Waals surface area contributed by atoms with Gasteiger partial charge < -0.3 is 15.5 Å². The molecular weight excluding hydrogens is 298 g/mol. The Kier molecular flexibility index (Phi) is 5.78. The first-order valence-corrected chi connectivity index (χ1v) is 6.61. The lowest BCUT2D eigenvalue weighted by molar-refractivity contribution is 0.0697. The van der Waals surface area contributed by atoms with E-state index in [0.29, 0.717) is 12.5 Å². The zero-order valence-corrected chi connectivity index (χ0v) is 12.1. The van der Waals surface area contributed by atoms with Gasteiger partial charge in [-0.25, -0.2) is 4.79 Å². The molecule has 1 aromatic rings. The van der Waals surface area contributed by atoms with Crippen LogP contribution in [0.5, 0.6) is 0 Å². The van der Waals surface area contributed by atoms with E-state index >= 15 is 0 Å². The Bertz CT molecular complexity index is 421. The fourth-order valence-electron chi connectivity index (χ4n) is 1.58. The van der Waals surface area contributed by atoms with Gasteiger partial charge in [-0.2, -0.15) is 0 Å². The van der Waals surface area contributed by atoms with Gasteiger partial charge in [-0.15, -0.1) is 0 Å². The first kappa shape index (κ1) is 15.1. The molecule has 3 N–H and O–H groups in total. The first-order valence-electron chi connectivity index (χ1n) is 5.81. The molecule has 0 saturated heterocycles. The number of benzene rings is 1. The summed E-state index contributed by atoms with van der Waals surface area (Å²) in [5.74, 6) is -0.599. The molecule has 1 rings (SSSR count). The predicted octanol–water partition coefficient (Wildman–Crippen LogP) is 2.25. The fourth-order valence-corrected chi connectivity index (χ4v) is 2.09. The van der Waals surface area contributed by atoms with Crippen molar-refractivity contribution in [1.29, 1.82) is 0 Å². The molecule has 0 aliphatic rings. The Labute approximate surface area is 115 Å². The molecule has 18 heavy (non-hydrogen) atoms. The topological polar surface area (TPSA) is 69.6 Å². The number of hydrogen-bond donors (Lipinski definition) is 3. The van der Waals surface area contributed by atoms with E-state index in [1.165, 1.54) is 0 Å². The van der Waals surface area contributed by atoms with Crippen LogP contribution in [0, 0.1) is 5.92 Å². The van der Waals surface area contributed by atoms with Crippen molar-refractivity contribution >= 4 is 21.9 Å². The Balaban J connectivity index is 2.71. The van der Waals surface area contributed by atoms with Crippen LogP contribution < -0.4 is 5.32 Å². The highest BCUT2D eigenvalue weighted by atomic mass is 79.9. The van der Waals surface area contributed by atoms with Crippen LogP contribution in [-0.4, -0.2) is 28.8 Å². The lowest BCUT2D eigenvalue weighted by Gasteiger charge is -2.20. The Morgan fingerprint density at radius 1 is 1.44 bits per heavy atom. The average molecular weight is 316 g/mol. The number of carbonyl (C=O) groups is 1. The summed E-state index contributed by atoms with van der Waals surface area (Å²) in [7, 11) is 0. The number of aliphatic hydroxyl groups is 1. The molecule has 0 aliphatic heterocycles. The summed E-state index contributed by atoms with van der Waals surface area (Å²) < 4.78 is 0.760. The maximum Gasteiger partial charge on any atom is 0.335 e. The van der Waals surface area contributed by atoms with Crippen LogP contribution in [0.1, 0.15) is 29.8 Å². The van der Waals surface area contributed by atoms with Gasteiger partial charge in [-0.05, 0) is 23.6 Å². The zero-order chi connectivity index (χ0) is 13.7. The van der Waals surface area contributed by atoms with Gasteiger partial charge in [0, 0.05) is 17.1 Å². The zero-order valence-electron chi connectivity index (χ0n) is 10.5. The second kappa shape index (κ2) is 6.87. The molecule has 5 heteroatoms. The summed E-state index contributed by atoms with van der Waals surface area (Å²) in [6.07, 6.45) is 0. The fraction of sp³-hybridized carbons (Fsp3) is 0.462. The molecule has 0 amide bonds. The van der Waals surface area contributed by atoms with Crippen molar-refractivity contribution in [3.05, 3.63) is 33.8 Å². The van der Waals surface area contributed by atoms with Gasteiger partial charge >= 0.3 is 5.97 Å². The van der Waals surface area contributed by atoms with Gasteiger partial charge in [0.2, 0.25) is 0 Å². The van der Waals surface area contributed by atoms with Crippen molar-refractivity contribution < 1.29 is 15.0 Å². The third-order valence-corrected chi connectivity index (χ3v) is 3.59. The summed E-state index contributed by atoms with van der Waals surface area (Å²) >= 11 is 3.36. The number of carboxylic acid groups (broad SMARTS) is 1. The predicted molar refractivity (Wildman–Crippen MR) is 73.7 cm³/mol. The number of hydrogen-bond acceptors (Lipinski definition) is 3. The summed E-state index contributed by atoms with van der Waals surface area (Å²) in [4.78, 5) is 10.8. The number of aromatic carboxylic acids is 1. The van der Waals surface area contributed by atoms with Crippen LogP contribution in [0.15, 0.2) is 22.7 Å². The Morgan fingerprint density at radius 3 is 2.56 bits per heavy atom. The van der Waals surface area contributed by atoms with E-state index in [-0.39, 0.29) is 18.2 Å². The molecule has 0 spiro atoms. The molecule has 0 aliphatic carbocycles. The van der Waals surface area contributed by atoms with Gasteiger partial charge in [-0.3, -0.25) is 0 Å². The third-order valence-electron chi connectivity index (χ3n) is 2.86. The Hall–Kier alpha value is -0.910. The van der Waals surface area contributed by atoms with Crippen LogP contribution in [-0.2, 0) is 6.54 Å². The van der Waals surface area contributed by atoms with Gasteiger partial charge in [0.25, 0.3) is 0 Å². The minimum absolute atomic E-state index is 0.0380. The number of rotatable bonds is 6. The van der Waals surface area contributed by atoms with E-state index < -0.39 is 5.97 Å².